The number of rotatable bonds is 34. The number of unbranched alkanes of at least 4 members (excludes halogenated alkanes) is 9. The van der Waals surface area contributed by atoms with E-state index in [-0.39, 0.29) is 32.6 Å². The first-order valence-corrected chi connectivity index (χ1v) is 20.4. The van der Waals surface area contributed by atoms with Crippen molar-refractivity contribution in [3.8, 4) is 0 Å². The summed E-state index contributed by atoms with van der Waals surface area (Å²) >= 11 is 0. The van der Waals surface area contributed by atoms with E-state index in [1.165, 1.54) is 38.5 Å². The molecule has 10 heteroatoms. The van der Waals surface area contributed by atoms with E-state index in [1.54, 1.807) is 0 Å². The van der Waals surface area contributed by atoms with E-state index in [9.17, 15) is 19.0 Å². The van der Waals surface area contributed by atoms with E-state index in [2.05, 4.69) is 74.6 Å². The predicted octanol–water partition coefficient (Wildman–Crippen LogP) is 10.3. The van der Waals surface area contributed by atoms with Crippen molar-refractivity contribution < 1.29 is 37.6 Å². The zero-order chi connectivity index (χ0) is 36.8. The largest absolute Gasteiger partial charge is 0.472 e. The summed E-state index contributed by atoms with van der Waals surface area (Å²) in [5, 5.41) is 0. The Bertz CT molecular complexity index is 1050. The van der Waals surface area contributed by atoms with Crippen LogP contribution in [0.4, 0.5) is 0 Å². The van der Waals surface area contributed by atoms with E-state index in [1.807, 2.05) is 12.2 Å². The summed E-state index contributed by atoms with van der Waals surface area (Å²) in [6.07, 6.45) is 42.4. The van der Waals surface area contributed by atoms with Gasteiger partial charge in [-0.05, 0) is 51.4 Å². The molecule has 0 bridgehead atoms. The summed E-state index contributed by atoms with van der Waals surface area (Å²) in [4.78, 5) is 34.6. The Hall–Kier alpha value is -2.55. The highest BCUT2D eigenvalue weighted by atomic mass is 31.2. The molecule has 0 radical (unpaired) electrons. The second kappa shape index (κ2) is 36.2. The van der Waals surface area contributed by atoms with Crippen molar-refractivity contribution >= 4 is 19.8 Å². The lowest BCUT2D eigenvalue weighted by molar-refractivity contribution is -0.161. The van der Waals surface area contributed by atoms with Crippen molar-refractivity contribution in [2.45, 2.75) is 142 Å². The molecule has 0 aromatic heterocycles. The highest BCUT2D eigenvalue weighted by molar-refractivity contribution is 7.47. The van der Waals surface area contributed by atoms with Gasteiger partial charge in [0.05, 0.1) is 13.2 Å². The molecule has 0 aromatic rings. The zero-order valence-corrected chi connectivity index (χ0v) is 32.0. The van der Waals surface area contributed by atoms with Gasteiger partial charge in [-0.3, -0.25) is 18.6 Å². The van der Waals surface area contributed by atoms with E-state index in [0.29, 0.717) is 12.8 Å². The highest BCUT2D eigenvalue weighted by Gasteiger charge is 2.25. The molecule has 0 rings (SSSR count). The lowest BCUT2D eigenvalue weighted by Gasteiger charge is -2.19. The van der Waals surface area contributed by atoms with Crippen molar-refractivity contribution in [2.24, 2.45) is 5.73 Å². The smallest absolute Gasteiger partial charge is 0.462 e. The number of esters is 2. The van der Waals surface area contributed by atoms with Gasteiger partial charge < -0.3 is 20.1 Å². The van der Waals surface area contributed by atoms with Crippen LogP contribution >= 0.6 is 7.82 Å². The summed E-state index contributed by atoms with van der Waals surface area (Å²) in [5.74, 6) is -0.935. The van der Waals surface area contributed by atoms with E-state index >= 15 is 0 Å². The van der Waals surface area contributed by atoms with Crippen molar-refractivity contribution in [2.75, 3.05) is 26.4 Å². The predicted molar refractivity (Wildman–Crippen MR) is 206 cm³/mol. The molecular weight excluding hydrogens is 653 g/mol. The Morgan fingerprint density at radius 3 is 1.60 bits per heavy atom. The SMILES string of the molecule is CC/C=C\C/C=C\C/C=C\C/C=C\C/C=C\C/C=C\CCC(=O)OC[C@H](COP(=O)(O)OCCN)OC(=O)CCCCCCCCCCCC. The maximum absolute atomic E-state index is 12.5. The normalized spacial score (nSPS) is 14.2. The van der Waals surface area contributed by atoms with Gasteiger partial charge in [0.1, 0.15) is 6.61 Å². The van der Waals surface area contributed by atoms with Crippen LogP contribution in [0, 0.1) is 0 Å². The molecular formula is C40H68NO8P. The molecule has 0 spiro atoms. The molecule has 50 heavy (non-hydrogen) atoms. The van der Waals surface area contributed by atoms with Crippen molar-refractivity contribution in [3.63, 3.8) is 0 Å². The molecule has 2 atom stereocenters. The second-order valence-corrected chi connectivity index (χ2v) is 13.5. The van der Waals surface area contributed by atoms with Gasteiger partial charge in [-0.25, -0.2) is 4.57 Å². The first-order valence-electron chi connectivity index (χ1n) is 18.9. The molecule has 3 N–H and O–H groups in total. The average Bonchev–Trinajstić information content (AvgIpc) is 3.10. The minimum absolute atomic E-state index is 0.0412. The van der Waals surface area contributed by atoms with Gasteiger partial charge in [0.25, 0.3) is 0 Å². The Morgan fingerprint density at radius 1 is 0.620 bits per heavy atom. The topological polar surface area (TPSA) is 134 Å². The van der Waals surface area contributed by atoms with Crippen LogP contribution in [-0.4, -0.2) is 49.3 Å². The minimum Gasteiger partial charge on any atom is -0.462 e. The standard InChI is InChI=1S/C40H68NO8P/c1-3-5-7-9-11-13-15-16-17-18-19-20-21-22-23-25-26-28-30-32-39(42)46-36-38(37-48-50(44,45)47-35-34-41)49-40(43)33-31-29-27-24-14-12-10-8-6-4-2/h5,7,11,13,16-17,19-20,22-23,26,28,38H,3-4,6,8-10,12,14-15,18,21,24-25,27,29-37,41H2,1-2H3,(H,44,45)/b7-5-,13-11-,17-16-,20-19-,23-22-,28-26-/t38-/m1/s1. The minimum atomic E-state index is -4.39. The van der Waals surface area contributed by atoms with Gasteiger partial charge in [0.15, 0.2) is 6.10 Å². The molecule has 0 aliphatic carbocycles. The number of hydrogen-bond donors (Lipinski definition) is 2. The number of ether oxygens (including phenoxy) is 2. The zero-order valence-electron chi connectivity index (χ0n) is 31.1. The Labute approximate surface area is 303 Å². The van der Waals surface area contributed by atoms with Crippen molar-refractivity contribution in [3.05, 3.63) is 72.9 Å². The fourth-order valence-electron chi connectivity index (χ4n) is 4.60. The van der Waals surface area contributed by atoms with Crippen LogP contribution in [0.25, 0.3) is 0 Å². The lowest BCUT2D eigenvalue weighted by atomic mass is 10.1. The van der Waals surface area contributed by atoms with Crippen molar-refractivity contribution in [1.82, 2.24) is 0 Å². The van der Waals surface area contributed by atoms with Crippen LogP contribution in [0.2, 0.25) is 0 Å². The van der Waals surface area contributed by atoms with Gasteiger partial charge in [0.2, 0.25) is 0 Å². The molecule has 0 amide bonds. The molecule has 0 saturated heterocycles. The Balaban J connectivity index is 4.34. The maximum atomic E-state index is 12.5. The molecule has 9 nitrogen and oxygen atoms in total. The molecule has 0 fully saturated rings. The van der Waals surface area contributed by atoms with Gasteiger partial charge in [0, 0.05) is 19.4 Å². The summed E-state index contributed by atoms with van der Waals surface area (Å²) in [5.41, 5.74) is 5.32. The molecule has 0 aromatic carbocycles. The monoisotopic (exact) mass is 721 g/mol. The average molecular weight is 722 g/mol. The second-order valence-electron chi connectivity index (χ2n) is 12.1. The fourth-order valence-corrected chi connectivity index (χ4v) is 5.36. The fraction of sp³-hybridized carbons (Fsp3) is 0.650. The number of hydrogen-bond acceptors (Lipinski definition) is 8. The lowest BCUT2D eigenvalue weighted by Crippen LogP contribution is -2.29. The highest BCUT2D eigenvalue weighted by Crippen LogP contribution is 2.43. The van der Waals surface area contributed by atoms with Crippen LogP contribution < -0.4 is 5.73 Å². The number of nitrogens with two attached hydrogens (primary N) is 1. The van der Waals surface area contributed by atoms with Gasteiger partial charge in [-0.2, -0.15) is 0 Å². The number of phosphoric acid groups is 1. The summed E-state index contributed by atoms with van der Waals surface area (Å²) in [6, 6.07) is 0. The third kappa shape index (κ3) is 35.3. The van der Waals surface area contributed by atoms with Gasteiger partial charge in [-0.15, -0.1) is 0 Å². The summed E-state index contributed by atoms with van der Waals surface area (Å²) < 4.78 is 32.5. The van der Waals surface area contributed by atoms with E-state index < -0.39 is 32.5 Å². The number of allylic oxidation sites excluding steroid dienone is 12. The van der Waals surface area contributed by atoms with Crippen LogP contribution in [0.5, 0.6) is 0 Å². The molecule has 0 aliphatic rings. The number of phosphoric ester groups is 1. The Kier molecular flexibility index (Phi) is 34.4. The number of carbonyl (C=O) groups is 2. The molecule has 1 unspecified atom stereocenters. The Morgan fingerprint density at radius 2 is 1.10 bits per heavy atom. The van der Waals surface area contributed by atoms with Crippen LogP contribution in [0.1, 0.15) is 136 Å². The maximum Gasteiger partial charge on any atom is 0.472 e. The van der Waals surface area contributed by atoms with Crippen LogP contribution in [0.3, 0.4) is 0 Å². The van der Waals surface area contributed by atoms with Gasteiger partial charge in [-0.1, -0.05) is 145 Å². The quantitative estimate of drug-likeness (QED) is 0.0288. The molecule has 0 saturated carbocycles. The van der Waals surface area contributed by atoms with E-state index in [4.69, 9.17) is 24.3 Å². The summed E-state index contributed by atoms with van der Waals surface area (Å²) in [6.45, 7) is 3.48. The molecule has 286 valence electrons. The first kappa shape index (κ1) is 47.4. The van der Waals surface area contributed by atoms with Crippen LogP contribution in [0.15, 0.2) is 72.9 Å². The third-order valence-electron chi connectivity index (χ3n) is 7.37. The van der Waals surface area contributed by atoms with Crippen LogP contribution in [-0.2, 0) is 32.7 Å². The van der Waals surface area contributed by atoms with Gasteiger partial charge >= 0.3 is 19.8 Å². The van der Waals surface area contributed by atoms with E-state index in [0.717, 1.165) is 57.8 Å². The summed E-state index contributed by atoms with van der Waals surface area (Å²) in [7, 11) is -4.39. The molecule has 0 heterocycles. The molecule has 0 aliphatic heterocycles. The van der Waals surface area contributed by atoms with Crippen molar-refractivity contribution in [1.29, 1.82) is 0 Å². The first-order chi connectivity index (χ1) is 24.3. The third-order valence-corrected chi connectivity index (χ3v) is 8.35. The number of carbonyl (C=O) groups excluding carboxylic acids is 2.